The highest BCUT2D eigenvalue weighted by atomic mass is 14.9. The van der Waals surface area contributed by atoms with Gasteiger partial charge in [0.15, 0.2) is 0 Å². The van der Waals surface area contributed by atoms with E-state index in [9.17, 15) is 0 Å². The molecule has 1 nitrogen and oxygen atoms in total. The van der Waals surface area contributed by atoms with Gasteiger partial charge in [0.1, 0.15) is 0 Å². The van der Waals surface area contributed by atoms with Crippen LogP contribution in [0.15, 0.2) is 96.7 Å². The number of hydrogen-bond acceptors (Lipinski definition) is 1. The zero-order chi connectivity index (χ0) is 15.8. The van der Waals surface area contributed by atoms with Gasteiger partial charge in [-0.1, -0.05) is 79.4 Å². The molecular formula is C21H23N. The van der Waals surface area contributed by atoms with Crippen LogP contribution in [0.25, 0.3) is 0 Å². The zero-order valence-corrected chi connectivity index (χ0v) is 13.3. The molecule has 0 amide bonds. The van der Waals surface area contributed by atoms with Gasteiger partial charge in [-0.15, -0.1) is 0 Å². The van der Waals surface area contributed by atoms with E-state index in [4.69, 9.17) is 0 Å². The first-order chi connectivity index (χ1) is 10.7. The third-order valence-corrected chi connectivity index (χ3v) is 3.48. The second-order valence-corrected chi connectivity index (χ2v) is 5.29. The average molecular weight is 289 g/mol. The minimum Gasteiger partial charge on any atom is -0.374 e. The Balaban J connectivity index is 2.39. The van der Waals surface area contributed by atoms with Crippen molar-refractivity contribution in [2.24, 2.45) is 0 Å². The van der Waals surface area contributed by atoms with Crippen molar-refractivity contribution in [3.05, 3.63) is 108 Å². The highest BCUT2D eigenvalue weighted by Gasteiger charge is 2.14. The van der Waals surface area contributed by atoms with Crippen molar-refractivity contribution in [2.75, 3.05) is 0 Å². The van der Waals surface area contributed by atoms with Crippen LogP contribution in [0.4, 0.5) is 0 Å². The highest BCUT2D eigenvalue weighted by molar-refractivity contribution is 5.37. The van der Waals surface area contributed by atoms with E-state index in [0.29, 0.717) is 0 Å². The first-order valence-corrected chi connectivity index (χ1v) is 7.57. The lowest BCUT2D eigenvalue weighted by atomic mass is 9.98. The molecule has 0 atom stereocenters. The topological polar surface area (TPSA) is 12.0 Å². The Morgan fingerprint density at radius 1 is 0.955 bits per heavy atom. The maximum atomic E-state index is 4.08. The summed E-state index contributed by atoms with van der Waals surface area (Å²) in [4.78, 5) is 0. The first kappa shape index (κ1) is 15.8. The standard InChI is InChI=1S/C21H23N/c1-4-5-16-20(17(2)3)22-21(18-12-8-6-9-13-18)19-14-10-7-11-15-19/h4-16,21-22H,2H2,1,3H3/b5-4-,20-16+. The van der Waals surface area contributed by atoms with Crippen LogP contribution in [0.3, 0.4) is 0 Å². The predicted molar refractivity (Wildman–Crippen MR) is 95.6 cm³/mol. The molecule has 0 radical (unpaired) electrons. The number of rotatable bonds is 6. The first-order valence-electron chi connectivity index (χ1n) is 7.57. The summed E-state index contributed by atoms with van der Waals surface area (Å²) in [6.45, 7) is 8.12. The summed E-state index contributed by atoms with van der Waals surface area (Å²) in [5, 5.41) is 3.63. The molecule has 112 valence electrons. The molecule has 0 aliphatic carbocycles. The Kier molecular flexibility index (Phi) is 5.79. The van der Waals surface area contributed by atoms with Crippen molar-refractivity contribution in [1.82, 2.24) is 5.32 Å². The van der Waals surface area contributed by atoms with Crippen LogP contribution < -0.4 is 5.32 Å². The van der Waals surface area contributed by atoms with Crippen molar-refractivity contribution in [3.63, 3.8) is 0 Å². The molecule has 0 unspecified atom stereocenters. The minimum absolute atomic E-state index is 0.107. The van der Waals surface area contributed by atoms with E-state index in [1.807, 2.05) is 38.1 Å². The molecule has 0 heterocycles. The average Bonchev–Trinajstić information content (AvgIpc) is 2.56. The fourth-order valence-corrected chi connectivity index (χ4v) is 2.31. The molecule has 2 rings (SSSR count). The van der Waals surface area contributed by atoms with Crippen LogP contribution in [0, 0.1) is 0 Å². The maximum absolute atomic E-state index is 4.08. The van der Waals surface area contributed by atoms with E-state index in [1.165, 1.54) is 11.1 Å². The summed E-state index contributed by atoms with van der Waals surface area (Å²) in [5.74, 6) is 0. The number of allylic oxidation sites excluding steroid dienone is 4. The van der Waals surface area contributed by atoms with E-state index < -0.39 is 0 Å². The Bertz CT molecular complexity index is 611. The van der Waals surface area contributed by atoms with Gasteiger partial charge in [-0.3, -0.25) is 0 Å². The van der Waals surface area contributed by atoms with Crippen LogP contribution in [0.1, 0.15) is 31.0 Å². The molecule has 0 saturated heterocycles. The van der Waals surface area contributed by atoms with Gasteiger partial charge in [-0.2, -0.15) is 0 Å². The number of hydrogen-bond donors (Lipinski definition) is 1. The van der Waals surface area contributed by atoms with Crippen LogP contribution in [-0.2, 0) is 0 Å². The lowest BCUT2D eigenvalue weighted by Gasteiger charge is -2.23. The summed E-state index contributed by atoms with van der Waals surface area (Å²) in [7, 11) is 0. The van der Waals surface area contributed by atoms with E-state index in [1.54, 1.807) is 0 Å². The normalized spacial score (nSPS) is 11.9. The van der Waals surface area contributed by atoms with Gasteiger partial charge in [0, 0.05) is 5.70 Å². The molecule has 0 spiro atoms. The van der Waals surface area contributed by atoms with Crippen molar-refractivity contribution >= 4 is 0 Å². The SMILES string of the molecule is C=C(C)/C(=C\C=C/C)NC(c1ccccc1)c1ccccc1. The minimum atomic E-state index is 0.107. The second kappa shape index (κ2) is 8.04. The van der Waals surface area contributed by atoms with E-state index in [2.05, 4.69) is 66.5 Å². The smallest absolute Gasteiger partial charge is 0.0767 e. The predicted octanol–water partition coefficient (Wildman–Crippen LogP) is 5.40. The molecule has 0 fully saturated rings. The quantitative estimate of drug-likeness (QED) is 0.702. The summed E-state index contributed by atoms with van der Waals surface area (Å²) in [6, 6.07) is 21.1. The molecule has 0 aliphatic heterocycles. The summed E-state index contributed by atoms with van der Waals surface area (Å²) >= 11 is 0. The summed E-state index contributed by atoms with van der Waals surface area (Å²) < 4.78 is 0. The highest BCUT2D eigenvalue weighted by Crippen LogP contribution is 2.24. The number of benzene rings is 2. The molecule has 0 bridgehead atoms. The van der Waals surface area contributed by atoms with Gasteiger partial charge in [-0.25, -0.2) is 0 Å². The van der Waals surface area contributed by atoms with Crippen molar-refractivity contribution in [3.8, 4) is 0 Å². The van der Waals surface area contributed by atoms with Gasteiger partial charge in [-0.05, 0) is 36.6 Å². The van der Waals surface area contributed by atoms with Crippen LogP contribution >= 0.6 is 0 Å². The summed E-state index contributed by atoms with van der Waals surface area (Å²) in [5.41, 5.74) is 4.55. The van der Waals surface area contributed by atoms with Crippen molar-refractivity contribution < 1.29 is 0 Å². The van der Waals surface area contributed by atoms with Gasteiger partial charge in [0.05, 0.1) is 6.04 Å². The van der Waals surface area contributed by atoms with Gasteiger partial charge >= 0.3 is 0 Å². The lowest BCUT2D eigenvalue weighted by Crippen LogP contribution is -2.22. The molecule has 0 aromatic heterocycles. The van der Waals surface area contributed by atoms with E-state index in [-0.39, 0.29) is 6.04 Å². The Hall–Kier alpha value is -2.54. The van der Waals surface area contributed by atoms with Gasteiger partial charge in [0.2, 0.25) is 0 Å². The summed E-state index contributed by atoms with van der Waals surface area (Å²) in [6.07, 6.45) is 6.12. The van der Waals surface area contributed by atoms with E-state index in [0.717, 1.165) is 11.3 Å². The molecule has 2 aromatic carbocycles. The van der Waals surface area contributed by atoms with Crippen molar-refractivity contribution in [2.45, 2.75) is 19.9 Å². The molecular weight excluding hydrogens is 266 g/mol. The fourth-order valence-electron chi connectivity index (χ4n) is 2.31. The fraction of sp³-hybridized carbons (Fsp3) is 0.143. The Morgan fingerprint density at radius 3 is 1.86 bits per heavy atom. The maximum Gasteiger partial charge on any atom is 0.0767 e. The van der Waals surface area contributed by atoms with Crippen LogP contribution in [-0.4, -0.2) is 0 Å². The second-order valence-electron chi connectivity index (χ2n) is 5.29. The largest absolute Gasteiger partial charge is 0.374 e. The Morgan fingerprint density at radius 2 is 1.45 bits per heavy atom. The molecule has 2 aromatic rings. The lowest BCUT2D eigenvalue weighted by molar-refractivity contribution is 0.698. The molecule has 1 N–H and O–H groups in total. The van der Waals surface area contributed by atoms with Gasteiger partial charge in [0.25, 0.3) is 0 Å². The van der Waals surface area contributed by atoms with Crippen molar-refractivity contribution in [1.29, 1.82) is 0 Å². The molecule has 0 aliphatic rings. The Labute approximate surface area is 133 Å². The third-order valence-electron chi connectivity index (χ3n) is 3.48. The van der Waals surface area contributed by atoms with Crippen LogP contribution in [0.5, 0.6) is 0 Å². The monoisotopic (exact) mass is 289 g/mol. The molecule has 0 saturated carbocycles. The number of nitrogens with one attached hydrogen (secondary N) is 1. The van der Waals surface area contributed by atoms with Crippen LogP contribution in [0.2, 0.25) is 0 Å². The third kappa shape index (κ3) is 4.23. The zero-order valence-electron chi connectivity index (χ0n) is 13.3. The molecule has 22 heavy (non-hydrogen) atoms. The molecule has 1 heteroatoms. The van der Waals surface area contributed by atoms with E-state index >= 15 is 0 Å². The van der Waals surface area contributed by atoms with Gasteiger partial charge < -0.3 is 5.32 Å².